The van der Waals surface area contributed by atoms with Crippen LogP contribution in [0.3, 0.4) is 0 Å². The number of carbonyl (C=O) groups is 1. The Bertz CT molecular complexity index is 653. The van der Waals surface area contributed by atoms with E-state index < -0.39 is 0 Å². The summed E-state index contributed by atoms with van der Waals surface area (Å²) in [5, 5.41) is 0. The second kappa shape index (κ2) is 9.85. The van der Waals surface area contributed by atoms with E-state index in [4.69, 9.17) is 5.73 Å². The van der Waals surface area contributed by atoms with Crippen LogP contribution in [0.25, 0.3) is 0 Å². The zero-order chi connectivity index (χ0) is 16.8. The fourth-order valence-electron chi connectivity index (χ4n) is 3.32. The lowest BCUT2D eigenvalue weighted by Crippen LogP contribution is -2.30. The SMILES string of the molecule is Cl.NC[C@@H]1CN(C(=O)CCSc2ccccc2)C[C@H]1c1ccccc1. The van der Waals surface area contributed by atoms with Crippen molar-refractivity contribution in [3.63, 3.8) is 0 Å². The molecule has 2 aromatic rings. The summed E-state index contributed by atoms with van der Waals surface area (Å²) in [6.45, 7) is 2.20. The molecule has 2 aromatic carbocycles. The number of benzene rings is 2. The summed E-state index contributed by atoms with van der Waals surface area (Å²) in [5.41, 5.74) is 7.25. The number of halogens is 1. The number of nitrogens with zero attached hydrogens (tertiary/aromatic N) is 1. The quantitative estimate of drug-likeness (QED) is 0.780. The summed E-state index contributed by atoms with van der Waals surface area (Å²) in [4.78, 5) is 15.8. The standard InChI is InChI=1S/C20H24N2OS.ClH/c21-13-17-14-22(15-19(17)16-7-3-1-4-8-16)20(23)11-12-24-18-9-5-2-6-10-18;/h1-10,17,19H,11-15,21H2;1H/t17-,19+;/m1./s1. The Labute approximate surface area is 160 Å². The summed E-state index contributed by atoms with van der Waals surface area (Å²) < 4.78 is 0. The molecule has 1 heterocycles. The minimum absolute atomic E-state index is 0. The maximum absolute atomic E-state index is 12.5. The molecule has 3 nitrogen and oxygen atoms in total. The van der Waals surface area contributed by atoms with E-state index >= 15 is 0 Å². The van der Waals surface area contributed by atoms with Crippen LogP contribution in [0.4, 0.5) is 0 Å². The van der Waals surface area contributed by atoms with Gasteiger partial charge in [0, 0.05) is 36.1 Å². The van der Waals surface area contributed by atoms with Gasteiger partial charge in [0.25, 0.3) is 0 Å². The Morgan fingerprint density at radius 1 is 1.04 bits per heavy atom. The molecule has 1 amide bonds. The topological polar surface area (TPSA) is 46.3 Å². The highest BCUT2D eigenvalue weighted by Crippen LogP contribution is 2.32. The molecule has 5 heteroatoms. The van der Waals surface area contributed by atoms with Crippen LogP contribution in [0.1, 0.15) is 17.9 Å². The summed E-state index contributed by atoms with van der Waals surface area (Å²) in [6.07, 6.45) is 0.582. The van der Waals surface area contributed by atoms with Crippen molar-refractivity contribution < 1.29 is 4.79 Å². The lowest BCUT2D eigenvalue weighted by atomic mass is 9.89. The molecule has 0 aromatic heterocycles. The number of thioether (sulfide) groups is 1. The van der Waals surface area contributed by atoms with Gasteiger partial charge < -0.3 is 10.6 Å². The van der Waals surface area contributed by atoms with E-state index in [-0.39, 0.29) is 18.3 Å². The van der Waals surface area contributed by atoms with Crippen LogP contribution >= 0.6 is 24.2 Å². The van der Waals surface area contributed by atoms with Gasteiger partial charge in [0.15, 0.2) is 0 Å². The molecule has 0 aliphatic carbocycles. The third-order valence-corrected chi connectivity index (χ3v) is 5.67. The van der Waals surface area contributed by atoms with E-state index in [1.807, 2.05) is 29.2 Å². The van der Waals surface area contributed by atoms with Crippen LogP contribution in [0.15, 0.2) is 65.6 Å². The first-order valence-corrected chi connectivity index (χ1v) is 9.47. The minimum atomic E-state index is 0. The lowest BCUT2D eigenvalue weighted by Gasteiger charge is -2.16. The van der Waals surface area contributed by atoms with Gasteiger partial charge in [-0.1, -0.05) is 48.5 Å². The van der Waals surface area contributed by atoms with Crippen molar-refractivity contribution in [2.24, 2.45) is 11.7 Å². The minimum Gasteiger partial charge on any atom is -0.342 e. The first-order valence-electron chi connectivity index (χ1n) is 8.48. The Morgan fingerprint density at radius 2 is 1.68 bits per heavy atom. The van der Waals surface area contributed by atoms with Crippen molar-refractivity contribution in [1.82, 2.24) is 4.90 Å². The summed E-state index contributed by atoms with van der Waals surface area (Å²) >= 11 is 1.74. The molecule has 2 atom stereocenters. The van der Waals surface area contributed by atoms with Crippen LogP contribution < -0.4 is 5.73 Å². The average molecular weight is 377 g/mol. The number of hydrogen-bond donors (Lipinski definition) is 1. The predicted octanol–water partition coefficient (Wildman–Crippen LogP) is 3.79. The van der Waals surface area contributed by atoms with Gasteiger partial charge in [0.05, 0.1) is 0 Å². The average Bonchev–Trinajstić information content (AvgIpc) is 3.08. The van der Waals surface area contributed by atoms with Crippen molar-refractivity contribution in [2.75, 3.05) is 25.4 Å². The molecule has 0 saturated carbocycles. The molecule has 134 valence electrons. The number of hydrogen-bond acceptors (Lipinski definition) is 3. The summed E-state index contributed by atoms with van der Waals surface area (Å²) in [7, 11) is 0. The van der Waals surface area contributed by atoms with E-state index in [0.29, 0.717) is 24.8 Å². The fraction of sp³-hybridized carbons (Fsp3) is 0.350. The van der Waals surface area contributed by atoms with E-state index in [9.17, 15) is 4.79 Å². The maximum Gasteiger partial charge on any atom is 0.223 e. The molecule has 1 saturated heterocycles. The van der Waals surface area contributed by atoms with E-state index in [0.717, 1.165) is 18.8 Å². The fourth-order valence-corrected chi connectivity index (χ4v) is 4.18. The molecule has 0 unspecified atom stereocenters. The maximum atomic E-state index is 12.5. The van der Waals surface area contributed by atoms with Crippen molar-refractivity contribution in [3.8, 4) is 0 Å². The highest BCUT2D eigenvalue weighted by Gasteiger charge is 2.34. The van der Waals surface area contributed by atoms with Gasteiger partial charge in [0.1, 0.15) is 0 Å². The highest BCUT2D eigenvalue weighted by atomic mass is 35.5. The first-order chi connectivity index (χ1) is 11.8. The molecule has 1 fully saturated rings. The van der Waals surface area contributed by atoms with Gasteiger partial charge in [-0.3, -0.25) is 4.79 Å². The highest BCUT2D eigenvalue weighted by molar-refractivity contribution is 7.99. The Kier molecular flexibility index (Phi) is 7.82. The summed E-state index contributed by atoms with van der Waals surface area (Å²) in [6, 6.07) is 20.7. The zero-order valence-corrected chi connectivity index (χ0v) is 15.8. The van der Waals surface area contributed by atoms with Gasteiger partial charge in [-0.05, 0) is 30.2 Å². The number of likely N-dealkylation sites (tertiary alicyclic amines) is 1. The largest absolute Gasteiger partial charge is 0.342 e. The van der Waals surface area contributed by atoms with Crippen LogP contribution in [-0.2, 0) is 4.79 Å². The third-order valence-electron chi connectivity index (χ3n) is 4.65. The number of rotatable bonds is 6. The molecular formula is C20H25ClN2OS. The lowest BCUT2D eigenvalue weighted by molar-refractivity contribution is -0.129. The van der Waals surface area contributed by atoms with Crippen LogP contribution in [-0.4, -0.2) is 36.2 Å². The number of amides is 1. The molecule has 3 rings (SSSR count). The monoisotopic (exact) mass is 376 g/mol. The Morgan fingerprint density at radius 3 is 2.32 bits per heavy atom. The molecule has 0 radical (unpaired) electrons. The molecule has 0 spiro atoms. The Balaban J connectivity index is 0.00000225. The second-order valence-electron chi connectivity index (χ2n) is 6.22. The number of nitrogens with two attached hydrogens (primary N) is 1. The smallest absolute Gasteiger partial charge is 0.223 e. The van der Waals surface area contributed by atoms with Gasteiger partial charge in [-0.15, -0.1) is 24.2 Å². The molecule has 1 aliphatic rings. The summed E-state index contributed by atoms with van der Waals surface area (Å²) in [5.74, 6) is 1.79. The molecule has 1 aliphatic heterocycles. The van der Waals surface area contributed by atoms with Gasteiger partial charge in [-0.2, -0.15) is 0 Å². The van der Waals surface area contributed by atoms with Crippen molar-refractivity contribution in [1.29, 1.82) is 0 Å². The van der Waals surface area contributed by atoms with Crippen molar-refractivity contribution >= 4 is 30.1 Å². The number of carbonyl (C=O) groups excluding carboxylic acids is 1. The molecular weight excluding hydrogens is 352 g/mol. The van der Waals surface area contributed by atoms with Crippen LogP contribution in [0.5, 0.6) is 0 Å². The molecule has 25 heavy (non-hydrogen) atoms. The molecule has 2 N–H and O–H groups in total. The van der Waals surface area contributed by atoms with Gasteiger partial charge >= 0.3 is 0 Å². The van der Waals surface area contributed by atoms with E-state index in [1.165, 1.54) is 10.5 Å². The van der Waals surface area contributed by atoms with Crippen molar-refractivity contribution in [2.45, 2.75) is 17.2 Å². The van der Waals surface area contributed by atoms with Crippen molar-refractivity contribution in [3.05, 3.63) is 66.2 Å². The third kappa shape index (κ3) is 5.24. The first kappa shape index (κ1) is 19.8. The second-order valence-corrected chi connectivity index (χ2v) is 7.39. The predicted molar refractivity (Wildman–Crippen MR) is 107 cm³/mol. The van der Waals surface area contributed by atoms with Gasteiger partial charge in [-0.25, -0.2) is 0 Å². The van der Waals surface area contributed by atoms with Crippen LogP contribution in [0.2, 0.25) is 0 Å². The Hall–Kier alpha value is -1.49. The molecule has 0 bridgehead atoms. The van der Waals surface area contributed by atoms with Crippen LogP contribution in [0, 0.1) is 5.92 Å². The van der Waals surface area contributed by atoms with Gasteiger partial charge in [0.2, 0.25) is 5.91 Å². The van der Waals surface area contributed by atoms with E-state index in [1.54, 1.807) is 11.8 Å². The van der Waals surface area contributed by atoms with E-state index in [2.05, 4.69) is 36.4 Å². The normalized spacial score (nSPS) is 19.5. The zero-order valence-electron chi connectivity index (χ0n) is 14.2.